The molecule has 0 unspecified atom stereocenters. The Balaban J connectivity index is 1.76. The van der Waals surface area contributed by atoms with E-state index in [1.54, 1.807) is 0 Å². The van der Waals surface area contributed by atoms with Gasteiger partial charge in [-0.05, 0) is 55.3 Å². The number of nitrogens with one attached hydrogen (secondary N) is 1. The number of hydrogen-bond acceptors (Lipinski definition) is 4. The van der Waals surface area contributed by atoms with Gasteiger partial charge in [-0.25, -0.2) is 0 Å². The second kappa shape index (κ2) is 5.92. The van der Waals surface area contributed by atoms with Gasteiger partial charge in [0.25, 0.3) is 0 Å². The number of aliphatic hydroxyl groups is 1. The van der Waals surface area contributed by atoms with Crippen molar-refractivity contribution in [3.05, 3.63) is 0 Å². The molecule has 0 aromatic rings. The van der Waals surface area contributed by atoms with E-state index >= 15 is 0 Å². The molecule has 3 aliphatic carbocycles. The molecule has 0 radical (unpaired) electrons. The van der Waals surface area contributed by atoms with Crippen LogP contribution in [0.3, 0.4) is 0 Å². The third-order valence-corrected chi connectivity index (χ3v) is 7.76. The molecule has 0 heterocycles. The summed E-state index contributed by atoms with van der Waals surface area (Å²) in [5.74, 6) is 1.47. The maximum atomic E-state index is 10.5. The van der Waals surface area contributed by atoms with Crippen molar-refractivity contribution in [3.63, 3.8) is 0 Å². The van der Waals surface area contributed by atoms with Gasteiger partial charge >= 0.3 is 0 Å². The Kier molecular flexibility index (Phi) is 4.52. The quantitative estimate of drug-likeness (QED) is 0.416. The van der Waals surface area contributed by atoms with Crippen molar-refractivity contribution >= 4 is 16.9 Å². The van der Waals surface area contributed by atoms with Crippen LogP contribution in [0.5, 0.6) is 0 Å². The Morgan fingerprint density at radius 3 is 2.74 bits per heavy atom. The van der Waals surface area contributed by atoms with Gasteiger partial charge in [0, 0.05) is 11.2 Å². The van der Waals surface area contributed by atoms with Crippen LogP contribution in [0.2, 0.25) is 0 Å². The minimum atomic E-state index is -0.147. The number of aliphatic hydroxyl groups excluding tert-OH is 1. The van der Waals surface area contributed by atoms with Crippen LogP contribution in [-0.4, -0.2) is 34.8 Å². The highest BCUT2D eigenvalue weighted by molar-refractivity contribution is 8.13. The average Bonchev–Trinajstić information content (AvgIpc) is 2.66. The topological polar surface area (TPSA) is 79.3 Å². The smallest absolute Gasteiger partial charge is 0.151 e. The lowest BCUT2D eigenvalue weighted by Gasteiger charge is -2.58. The molecule has 1 spiro atoms. The summed E-state index contributed by atoms with van der Waals surface area (Å²) < 4.78 is 6.36. The number of ether oxygens (including phenoxy) is 1. The summed E-state index contributed by atoms with van der Waals surface area (Å²) in [5, 5.41) is 18.0. The van der Waals surface area contributed by atoms with Gasteiger partial charge in [0.15, 0.2) is 5.17 Å². The second-order valence-corrected chi connectivity index (χ2v) is 10.1. The summed E-state index contributed by atoms with van der Waals surface area (Å²) in [4.78, 5) is 0. The number of nitrogens with two attached hydrogens (primary N) is 1. The van der Waals surface area contributed by atoms with Crippen molar-refractivity contribution in [2.45, 2.75) is 71.5 Å². The normalized spacial score (nSPS) is 44.8. The van der Waals surface area contributed by atoms with Gasteiger partial charge in [-0.2, -0.15) is 0 Å². The molecule has 3 saturated carbocycles. The van der Waals surface area contributed by atoms with Crippen LogP contribution in [-0.2, 0) is 4.74 Å². The van der Waals surface area contributed by atoms with E-state index in [2.05, 4.69) is 20.8 Å². The van der Waals surface area contributed by atoms with Crippen molar-refractivity contribution in [1.82, 2.24) is 0 Å². The zero-order chi connectivity index (χ0) is 16.9. The first-order valence-corrected chi connectivity index (χ1v) is 9.95. The number of hydrogen-bond donors (Lipinski definition) is 3. The summed E-state index contributed by atoms with van der Waals surface area (Å²) >= 11 is 1.36. The molecule has 5 heteroatoms. The molecule has 23 heavy (non-hydrogen) atoms. The molecule has 5 atom stereocenters. The predicted octanol–water partition coefficient (Wildman–Crippen LogP) is 3.38. The van der Waals surface area contributed by atoms with Crippen molar-refractivity contribution < 1.29 is 9.84 Å². The predicted molar refractivity (Wildman–Crippen MR) is 95.6 cm³/mol. The Labute approximate surface area is 144 Å². The average molecular weight is 341 g/mol. The van der Waals surface area contributed by atoms with Gasteiger partial charge in [-0.15, -0.1) is 0 Å². The standard InChI is InChI=1S/C18H32N2O2S/c1-16(2)10-14(22-8-9-23-15(19)20)18-7-5-13(21)17(3,11-18)6-4-12(16)18/h12-14,21H,4-11H2,1-3H3,(H3,19,20)/t12-,13+,14-,17-,18-/m0/s1. The third kappa shape index (κ3) is 2.93. The van der Waals surface area contributed by atoms with Gasteiger partial charge in [-0.1, -0.05) is 32.5 Å². The van der Waals surface area contributed by atoms with Gasteiger partial charge in [0.05, 0.1) is 18.8 Å². The van der Waals surface area contributed by atoms with E-state index in [0.717, 1.165) is 37.9 Å². The Morgan fingerprint density at radius 2 is 2.04 bits per heavy atom. The highest BCUT2D eigenvalue weighted by Crippen LogP contribution is 2.69. The van der Waals surface area contributed by atoms with Crippen molar-refractivity contribution in [2.24, 2.45) is 27.9 Å². The minimum absolute atomic E-state index is 0.0743. The van der Waals surface area contributed by atoms with Crippen LogP contribution in [0.15, 0.2) is 0 Å². The van der Waals surface area contributed by atoms with Crippen LogP contribution in [0.25, 0.3) is 0 Å². The summed E-state index contributed by atoms with van der Waals surface area (Å²) in [6, 6.07) is 0. The fraction of sp³-hybridized carbons (Fsp3) is 0.944. The molecular weight excluding hydrogens is 308 g/mol. The summed E-state index contributed by atoms with van der Waals surface area (Å²) in [7, 11) is 0. The summed E-state index contributed by atoms with van der Waals surface area (Å²) in [5.41, 5.74) is 6.05. The lowest BCUT2D eigenvalue weighted by atomic mass is 9.49. The zero-order valence-corrected chi connectivity index (χ0v) is 15.5. The molecule has 3 fully saturated rings. The molecule has 4 N–H and O–H groups in total. The SMILES string of the molecule is CC1(C)C[C@H](OCCSC(=N)N)[C@]23CC[C@@H](O)[C@@](C)(CC[C@@H]12)C3. The summed E-state index contributed by atoms with van der Waals surface area (Å²) in [6.07, 6.45) is 6.77. The number of thioether (sulfide) groups is 1. The maximum Gasteiger partial charge on any atom is 0.151 e. The molecular formula is C18H32N2O2S. The maximum absolute atomic E-state index is 10.5. The molecule has 0 saturated heterocycles. The van der Waals surface area contributed by atoms with Gasteiger partial charge in [0.1, 0.15) is 0 Å². The van der Waals surface area contributed by atoms with Crippen molar-refractivity contribution in [2.75, 3.05) is 12.4 Å². The first-order chi connectivity index (χ1) is 10.7. The molecule has 3 rings (SSSR count). The highest BCUT2D eigenvalue weighted by Gasteiger charge is 2.65. The van der Waals surface area contributed by atoms with E-state index in [1.165, 1.54) is 18.2 Å². The molecule has 0 aromatic carbocycles. The van der Waals surface area contributed by atoms with Gasteiger partial charge in [0.2, 0.25) is 0 Å². The summed E-state index contributed by atoms with van der Waals surface area (Å²) in [6.45, 7) is 7.75. The first-order valence-electron chi connectivity index (χ1n) is 8.96. The van der Waals surface area contributed by atoms with Crippen LogP contribution in [0.4, 0.5) is 0 Å². The lowest BCUT2D eigenvalue weighted by Crippen LogP contribution is -2.54. The Morgan fingerprint density at radius 1 is 1.30 bits per heavy atom. The van der Waals surface area contributed by atoms with E-state index < -0.39 is 0 Å². The van der Waals surface area contributed by atoms with Crippen LogP contribution < -0.4 is 5.73 Å². The molecule has 3 aliphatic rings. The highest BCUT2D eigenvalue weighted by atomic mass is 32.2. The van der Waals surface area contributed by atoms with Gasteiger partial charge in [-0.3, -0.25) is 5.41 Å². The van der Waals surface area contributed by atoms with E-state index in [0.29, 0.717) is 24.0 Å². The van der Waals surface area contributed by atoms with E-state index in [9.17, 15) is 5.11 Å². The Hall–Kier alpha value is -0.260. The van der Waals surface area contributed by atoms with Gasteiger partial charge < -0.3 is 15.6 Å². The number of rotatable bonds is 4. The number of amidine groups is 1. The van der Waals surface area contributed by atoms with E-state index in [4.69, 9.17) is 15.9 Å². The van der Waals surface area contributed by atoms with Crippen LogP contribution in [0, 0.1) is 27.6 Å². The molecule has 2 bridgehead atoms. The van der Waals surface area contributed by atoms with Crippen LogP contribution >= 0.6 is 11.8 Å². The molecule has 0 aromatic heterocycles. The molecule has 132 valence electrons. The third-order valence-electron chi connectivity index (χ3n) is 7.07. The fourth-order valence-corrected chi connectivity index (χ4v) is 6.48. The largest absolute Gasteiger partial charge is 0.393 e. The minimum Gasteiger partial charge on any atom is -0.393 e. The molecule has 4 nitrogen and oxygen atoms in total. The second-order valence-electron chi connectivity index (χ2n) is 8.97. The first kappa shape index (κ1) is 17.6. The van der Waals surface area contributed by atoms with Crippen molar-refractivity contribution in [1.29, 1.82) is 5.41 Å². The zero-order valence-electron chi connectivity index (χ0n) is 14.7. The molecule has 0 aliphatic heterocycles. The van der Waals surface area contributed by atoms with Crippen LogP contribution in [0.1, 0.15) is 59.3 Å². The molecule has 0 amide bonds. The van der Waals surface area contributed by atoms with Crippen molar-refractivity contribution in [3.8, 4) is 0 Å². The lowest BCUT2D eigenvalue weighted by molar-refractivity contribution is -0.154. The Bertz CT molecular complexity index is 484. The number of fused-ring (bicyclic) bond motifs is 1. The van der Waals surface area contributed by atoms with E-state index in [1.807, 2.05) is 0 Å². The van der Waals surface area contributed by atoms with E-state index in [-0.39, 0.29) is 22.1 Å². The fourth-order valence-electron chi connectivity index (χ4n) is 6.08. The monoisotopic (exact) mass is 340 g/mol.